The molecule has 1 aliphatic rings. The number of aliphatic hydroxyl groups excluding tert-OH is 1. The highest BCUT2D eigenvalue weighted by atomic mass is 16.5. The first-order valence-corrected chi connectivity index (χ1v) is 13.2. The Labute approximate surface area is 216 Å². The molecule has 3 heterocycles. The topological polar surface area (TPSA) is 71.9 Å². The fourth-order valence-corrected chi connectivity index (χ4v) is 5.30. The number of aliphatic hydroxyl groups is 1. The van der Waals surface area contributed by atoms with Gasteiger partial charge in [0.05, 0.1) is 11.6 Å². The van der Waals surface area contributed by atoms with E-state index in [1.165, 1.54) is 16.3 Å². The van der Waals surface area contributed by atoms with Gasteiger partial charge in [-0.1, -0.05) is 55.5 Å². The molecule has 5 aromatic rings. The second-order valence-corrected chi connectivity index (χ2v) is 9.91. The molecule has 6 rings (SSSR count). The fraction of sp³-hybridized carbons (Fsp3) is 0.323. The second-order valence-electron chi connectivity index (χ2n) is 9.91. The molecule has 1 atom stereocenters. The Balaban J connectivity index is 1.04. The molecule has 1 N–H and O–H groups in total. The minimum atomic E-state index is -0.572. The molecule has 6 heteroatoms. The van der Waals surface area contributed by atoms with E-state index in [0.29, 0.717) is 35.4 Å². The molecule has 0 saturated carbocycles. The number of β-amino-alcohol motifs (C(OH)–C–C–N with tert-alkyl or cyclic N) is 1. The number of hydrogen-bond acceptors (Lipinski definition) is 6. The van der Waals surface area contributed by atoms with Crippen LogP contribution in [0.25, 0.3) is 33.4 Å². The number of oxazole rings is 1. The maximum atomic E-state index is 10.7. The smallest absolute Gasteiger partial charge is 0.263 e. The summed E-state index contributed by atoms with van der Waals surface area (Å²) < 4.78 is 17.7. The molecule has 0 radical (unpaired) electrons. The van der Waals surface area contributed by atoms with Crippen LogP contribution >= 0.6 is 0 Å². The number of aryl methyl sites for hydroxylation is 1. The highest BCUT2D eigenvalue weighted by Crippen LogP contribution is 2.34. The van der Waals surface area contributed by atoms with Crippen molar-refractivity contribution in [3.05, 3.63) is 84.3 Å². The maximum Gasteiger partial charge on any atom is 0.263 e. The number of rotatable bonds is 8. The Hall–Kier alpha value is -3.61. The number of hydrogen-bond donors (Lipinski definition) is 1. The highest BCUT2D eigenvalue weighted by molar-refractivity contribution is 5.87. The van der Waals surface area contributed by atoms with E-state index in [1.807, 2.05) is 31.2 Å². The van der Waals surface area contributed by atoms with Gasteiger partial charge in [0.2, 0.25) is 0 Å². The first-order chi connectivity index (χ1) is 18.2. The van der Waals surface area contributed by atoms with Crippen molar-refractivity contribution in [3.63, 3.8) is 0 Å². The van der Waals surface area contributed by atoms with Crippen LogP contribution in [0, 0.1) is 0 Å². The summed E-state index contributed by atoms with van der Waals surface area (Å²) in [6.45, 7) is 4.81. The standard InChI is InChI=1S/C31H32N2O4/c1-2-26-18-32-31(36-26)30-17-27-28(8-5-9-29(27)37-30)35-20-25(34)19-33-14-12-22(13-15-33)24-11-10-21-6-3-4-7-23(21)16-24/h3-11,16-18,22,25,34H,2,12-15,19-20H2,1H3/t25-/m0/s1. The van der Waals surface area contributed by atoms with E-state index >= 15 is 0 Å². The van der Waals surface area contributed by atoms with Crippen molar-refractivity contribution in [1.82, 2.24) is 9.88 Å². The summed E-state index contributed by atoms with van der Waals surface area (Å²) in [6, 6.07) is 23.0. The van der Waals surface area contributed by atoms with E-state index in [0.717, 1.165) is 43.5 Å². The van der Waals surface area contributed by atoms with Crippen LogP contribution in [0.5, 0.6) is 5.75 Å². The maximum absolute atomic E-state index is 10.7. The largest absolute Gasteiger partial charge is 0.490 e. The minimum Gasteiger partial charge on any atom is -0.490 e. The lowest BCUT2D eigenvalue weighted by Crippen LogP contribution is -2.40. The van der Waals surface area contributed by atoms with Gasteiger partial charge in [-0.25, -0.2) is 4.98 Å². The van der Waals surface area contributed by atoms with Crippen molar-refractivity contribution in [2.24, 2.45) is 0 Å². The number of likely N-dealkylation sites (tertiary alicyclic amines) is 1. The number of ether oxygens (including phenoxy) is 1. The third-order valence-corrected chi connectivity index (χ3v) is 7.37. The van der Waals surface area contributed by atoms with Gasteiger partial charge in [0.1, 0.15) is 29.8 Å². The quantitative estimate of drug-likeness (QED) is 0.267. The Morgan fingerprint density at radius 3 is 2.65 bits per heavy atom. The van der Waals surface area contributed by atoms with E-state index < -0.39 is 6.10 Å². The lowest BCUT2D eigenvalue weighted by molar-refractivity contribution is 0.0599. The summed E-state index contributed by atoms with van der Waals surface area (Å²) in [5, 5.41) is 14.2. The van der Waals surface area contributed by atoms with Crippen LogP contribution in [0.4, 0.5) is 0 Å². The summed E-state index contributed by atoms with van der Waals surface area (Å²) in [7, 11) is 0. The van der Waals surface area contributed by atoms with E-state index in [-0.39, 0.29) is 6.61 Å². The van der Waals surface area contributed by atoms with Gasteiger partial charge in [-0.15, -0.1) is 0 Å². The van der Waals surface area contributed by atoms with Gasteiger partial charge >= 0.3 is 0 Å². The molecule has 0 aliphatic carbocycles. The predicted octanol–water partition coefficient (Wildman–Crippen LogP) is 6.42. The van der Waals surface area contributed by atoms with Gasteiger partial charge in [-0.05, 0) is 60.3 Å². The van der Waals surface area contributed by atoms with Crippen LogP contribution in [-0.4, -0.2) is 47.3 Å². The van der Waals surface area contributed by atoms with Gasteiger partial charge in [0, 0.05) is 19.0 Å². The third-order valence-electron chi connectivity index (χ3n) is 7.37. The van der Waals surface area contributed by atoms with E-state index in [9.17, 15) is 5.11 Å². The molecule has 37 heavy (non-hydrogen) atoms. The fourth-order valence-electron chi connectivity index (χ4n) is 5.30. The van der Waals surface area contributed by atoms with Crippen LogP contribution in [0.2, 0.25) is 0 Å². The number of fused-ring (bicyclic) bond motifs is 2. The molecular weight excluding hydrogens is 464 g/mol. The van der Waals surface area contributed by atoms with Crippen molar-refractivity contribution in [1.29, 1.82) is 0 Å². The van der Waals surface area contributed by atoms with Crippen LogP contribution < -0.4 is 4.74 Å². The van der Waals surface area contributed by atoms with Crippen LogP contribution in [0.15, 0.2) is 81.8 Å². The number of nitrogens with zero attached hydrogens (tertiary/aromatic N) is 2. The molecule has 1 fully saturated rings. The van der Waals surface area contributed by atoms with Gasteiger partial charge in [-0.3, -0.25) is 0 Å². The van der Waals surface area contributed by atoms with Crippen LogP contribution in [0.3, 0.4) is 0 Å². The average Bonchev–Trinajstić information content (AvgIpc) is 3.59. The zero-order valence-corrected chi connectivity index (χ0v) is 21.1. The van der Waals surface area contributed by atoms with Crippen LogP contribution in [-0.2, 0) is 6.42 Å². The Bertz CT molecular complexity index is 1500. The van der Waals surface area contributed by atoms with Crippen molar-refractivity contribution < 1.29 is 18.7 Å². The van der Waals surface area contributed by atoms with Crippen molar-refractivity contribution in [3.8, 4) is 17.4 Å². The molecule has 0 amide bonds. The predicted molar refractivity (Wildman–Crippen MR) is 145 cm³/mol. The number of aromatic nitrogens is 1. The number of piperidine rings is 1. The average molecular weight is 497 g/mol. The normalized spacial score (nSPS) is 15.9. The third kappa shape index (κ3) is 5.13. The molecule has 0 unspecified atom stereocenters. The highest BCUT2D eigenvalue weighted by Gasteiger charge is 2.23. The van der Waals surface area contributed by atoms with Crippen molar-refractivity contribution in [2.45, 2.75) is 38.2 Å². The SMILES string of the molecule is CCc1cnc(-c2cc3c(OC[C@@H](O)CN4CCC(c5ccc6ccccc6c5)CC4)cccc3o2)o1. The van der Waals surface area contributed by atoms with Crippen molar-refractivity contribution >= 4 is 21.7 Å². The van der Waals surface area contributed by atoms with Gasteiger partial charge in [0.25, 0.3) is 5.89 Å². The van der Waals surface area contributed by atoms with Crippen LogP contribution in [0.1, 0.15) is 37.0 Å². The molecule has 2 aromatic heterocycles. The minimum absolute atomic E-state index is 0.225. The Morgan fingerprint density at radius 1 is 1.00 bits per heavy atom. The lowest BCUT2D eigenvalue weighted by atomic mass is 9.88. The van der Waals surface area contributed by atoms with E-state index in [4.69, 9.17) is 13.6 Å². The van der Waals surface area contributed by atoms with Gasteiger partial charge in [0.15, 0.2) is 5.76 Å². The molecule has 6 nitrogen and oxygen atoms in total. The Morgan fingerprint density at radius 2 is 1.84 bits per heavy atom. The summed E-state index contributed by atoms with van der Waals surface area (Å²) in [5.74, 6) is 3.10. The first-order valence-electron chi connectivity index (χ1n) is 13.2. The number of furan rings is 1. The molecule has 1 aliphatic heterocycles. The summed E-state index contributed by atoms with van der Waals surface area (Å²) in [5.41, 5.74) is 2.12. The Kier molecular flexibility index (Phi) is 6.68. The molecule has 1 saturated heterocycles. The first kappa shape index (κ1) is 23.8. The molecule has 190 valence electrons. The molecule has 0 spiro atoms. The zero-order chi connectivity index (χ0) is 25.2. The summed E-state index contributed by atoms with van der Waals surface area (Å²) in [6.07, 6.45) is 4.13. The van der Waals surface area contributed by atoms with Gasteiger partial charge < -0.3 is 23.6 Å². The monoisotopic (exact) mass is 496 g/mol. The summed E-state index contributed by atoms with van der Waals surface area (Å²) in [4.78, 5) is 6.66. The lowest BCUT2D eigenvalue weighted by Gasteiger charge is -2.33. The summed E-state index contributed by atoms with van der Waals surface area (Å²) >= 11 is 0. The van der Waals surface area contributed by atoms with Gasteiger partial charge in [-0.2, -0.15) is 0 Å². The van der Waals surface area contributed by atoms with Crippen molar-refractivity contribution in [2.75, 3.05) is 26.2 Å². The number of benzene rings is 3. The zero-order valence-electron chi connectivity index (χ0n) is 21.1. The molecule has 0 bridgehead atoms. The van der Waals surface area contributed by atoms with E-state index in [1.54, 1.807) is 6.20 Å². The second kappa shape index (κ2) is 10.4. The molecule has 3 aromatic carbocycles. The molecular formula is C31H32N2O4. The van der Waals surface area contributed by atoms with E-state index in [2.05, 4.69) is 52.3 Å².